The average Bonchev–Trinajstić information content (AvgIpc) is 2.37. The van der Waals surface area contributed by atoms with Gasteiger partial charge in [-0.15, -0.1) is 0 Å². The minimum absolute atomic E-state index is 0.0394. The molecular formula is C13H19N3O2. The van der Waals surface area contributed by atoms with Crippen LogP contribution in [0.15, 0.2) is 24.3 Å². The fraction of sp³-hybridized carbons (Fsp3) is 0.385. The number of primary amides is 1. The number of hydrogen-bond donors (Lipinski definition) is 3. The van der Waals surface area contributed by atoms with Crippen molar-refractivity contribution in [2.75, 3.05) is 18.4 Å². The van der Waals surface area contributed by atoms with Gasteiger partial charge < -0.3 is 16.4 Å². The highest BCUT2D eigenvalue weighted by Gasteiger charge is 2.02. The molecule has 1 rings (SSSR count). The van der Waals surface area contributed by atoms with Crippen LogP contribution in [0.2, 0.25) is 0 Å². The van der Waals surface area contributed by atoms with E-state index in [1.54, 1.807) is 24.3 Å². The molecular weight excluding hydrogens is 230 g/mol. The fourth-order valence-corrected chi connectivity index (χ4v) is 1.40. The van der Waals surface area contributed by atoms with Gasteiger partial charge in [-0.3, -0.25) is 9.59 Å². The summed E-state index contributed by atoms with van der Waals surface area (Å²) in [4.78, 5) is 22.3. The maximum Gasteiger partial charge on any atom is 0.248 e. The zero-order valence-corrected chi connectivity index (χ0v) is 10.5. The molecule has 0 aliphatic heterocycles. The SMILES string of the molecule is CCCCNC(=O)CNc1ccc(C(N)=O)cc1. The third-order valence-electron chi connectivity index (χ3n) is 2.47. The van der Waals surface area contributed by atoms with E-state index < -0.39 is 5.91 Å². The number of anilines is 1. The Morgan fingerprint density at radius 2 is 1.89 bits per heavy atom. The molecule has 0 atom stereocenters. The van der Waals surface area contributed by atoms with Crippen molar-refractivity contribution < 1.29 is 9.59 Å². The predicted octanol–water partition coefficient (Wildman–Crippen LogP) is 1.11. The molecule has 0 aromatic heterocycles. The van der Waals surface area contributed by atoms with Gasteiger partial charge in [0.25, 0.3) is 0 Å². The van der Waals surface area contributed by atoms with Crippen LogP contribution in [0.5, 0.6) is 0 Å². The molecule has 0 unspecified atom stereocenters. The highest BCUT2D eigenvalue weighted by Crippen LogP contribution is 2.08. The molecule has 0 fully saturated rings. The zero-order chi connectivity index (χ0) is 13.4. The normalized spacial score (nSPS) is 9.83. The van der Waals surface area contributed by atoms with Crippen LogP contribution >= 0.6 is 0 Å². The van der Waals surface area contributed by atoms with Crippen molar-refractivity contribution in [3.8, 4) is 0 Å². The Morgan fingerprint density at radius 1 is 1.22 bits per heavy atom. The van der Waals surface area contributed by atoms with E-state index in [0.717, 1.165) is 18.5 Å². The first-order chi connectivity index (χ1) is 8.63. The van der Waals surface area contributed by atoms with Gasteiger partial charge in [0.05, 0.1) is 6.54 Å². The van der Waals surface area contributed by atoms with Crippen LogP contribution in [0.3, 0.4) is 0 Å². The van der Waals surface area contributed by atoms with Crippen LogP contribution in [-0.2, 0) is 4.79 Å². The predicted molar refractivity (Wildman–Crippen MR) is 71.4 cm³/mol. The lowest BCUT2D eigenvalue weighted by molar-refractivity contribution is -0.119. The van der Waals surface area contributed by atoms with Crippen molar-refractivity contribution in [1.82, 2.24) is 5.32 Å². The summed E-state index contributed by atoms with van der Waals surface area (Å²) in [6, 6.07) is 6.69. The van der Waals surface area contributed by atoms with Gasteiger partial charge in [0.15, 0.2) is 0 Å². The van der Waals surface area contributed by atoms with Crippen molar-refractivity contribution in [1.29, 1.82) is 0 Å². The summed E-state index contributed by atoms with van der Waals surface area (Å²) >= 11 is 0. The minimum atomic E-state index is -0.459. The molecule has 0 bridgehead atoms. The fourth-order valence-electron chi connectivity index (χ4n) is 1.40. The van der Waals surface area contributed by atoms with E-state index in [9.17, 15) is 9.59 Å². The van der Waals surface area contributed by atoms with Gasteiger partial charge >= 0.3 is 0 Å². The van der Waals surface area contributed by atoms with E-state index in [2.05, 4.69) is 17.6 Å². The first-order valence-electron chi connectivity index (χ1n) is 6.04. The molecule has 0 spiro atoms. The quantitative estimate of drug-likeness (QED) is 0.633. The second kappa shape index (κ2) is 7.32. The van der Waals surface area contributed by atoms with Crippen LogP contribution in [0.25, 0.3) is 0 Å². The second-order valence-electron chi connectivity index (χ2n) is 4.00. The summed E-state index contributed by atoms with van der Waals surface area (Å²) < 4.78 is 0. The molecule has 5 nitrogen and oxygen atoms in total. The van der Waals surface area contributed by atoms with Gasteiger partial charge in [-0.05, 0) is 30.7 Å². The van der Waals surface area contributed by atoms with Gasteiger partial charge in [0.1, 0.15) is 0 Å². The second-order valence-corrected chi connectivity index (χ2v) is 4.00. The maximum absolute atomic E-state index is 11.4. The Bertz CT molecular complexity index is 401. The molecule has 1 aromatic rings. The molecule has 0 radical (unpaired) electrons. The minimum Gasteiger partial charge on any atom is -0.376 e. The summed E-state index contributed by atoms with van der Waals surface area (Å²) in [7, 11) is 0. The summed E-state index contributed by atoms with van der Waals surface area (Å²) in [6.45, 7) is 3.00. The van der Waals surface area contributed by atoms with Gasteiger partial charge in [0.2, 0.25) is 11.8 Å². The molecule has 0 saturated carbocycles. The van der Waals surface area contributed by atoms with Crippen molar-refractivity contribution in [3.63, 3.8) is 0 Å². The van der Waals surface area contributed by atoms with E-state index >= 15 is 0 Å². The number of benzene rings is 1. The smallest absolute Gasteiger partial charge is 0.248 e. The maximum atomic E-state index is 11.4. The highest BCUT2D eigenvalue weighted by molar-refractivity contribution is 5.93. The van der Waals surface area contributed by atoms with Crippen LogP contribution < -0.4 is 16.4 Å². The summed E-state index contributed by atoms with van der Waals surface area (Å²) in [5.74, 6) is -0.499. The number of carbonyl (C=O) groups excluding carboxylic acids is 2. The molecule has 1 aromatic carbocycles. The Hall–Kier alpha value is -2.04. The van der Waals surface area contributed by atoms with Crippen LogP contribution in [-0.4, -0.2) is 24.9 Å². The van der Waals surface area contributed by atoms with E-state index in [0.29, 0.717) is 12.1 Å². The monoisotopic (exact) mass is 249 g/mol. The molecule has 0 aliphatic rings. The van der Waals surface area contributed by atoms with Crippen molar-refractivity contribution in [3.05, 3.63) is 29.8 Å². The summed E-state index contributed by atoms with van der Waals surface area (Å²) in [5.41, 5.74) is 6.37. The molecule has 0 aliphatic carbocycles. The van der Waals surface area contributed by atoms with Gasteiger partial charge in [-0.2, -0.15) is 0 Å². The molecule has 0 saturated heterocycles. The van der Waals surface area contributed by atoms with E-state index in [4.69, 9.17) is 5.73 Å². The summed E-state index contributed by atoms with van der Waals surface area (Å²) in [5, 5.41) is 5.78. The lowest BCUT2D eigenvalue weighted by atomic mass is 10.2. The molecule has 0 heterocycles. The van der Waals surface area contributed by atoms with E-state index in [1.165, 1.54) is 0 Å². The largest absolute Gasteiger partial charge is 0.376 e. The Morgan fingerprint density at radius 3 is 2.44 bits per heavy atom. The molecule has 98 valence electrons. The van der Waals surface area contributed by atoms with Crippen LogP contribution in [0.1, 0.15) is 30.1 Å². The van der Waals surface area contributed by atoms with Gasteiger partial charge in [0, 0.05) is 17.8 Å². The Balaban J connectivity index is 2.34. The number of amides is 2. The Kier molecular flexibility index (Phi) is 5.70. The number of rotatable bonds is 7. The van der Waals surface area contributed by atoms with E-state index in [1.807, 2.05) is 0 Å². The lowest BCUT2D eigenvalue weighted by Gasteiger charge is -2.07. The molecule has 2 amide bonds. The topological polar surface area (TPSA) is 84.2 Å². The molecule has 18 heavy (non-hydrogen) atoms. The summed E-state index contributed by atoms with van der Waals surface area (Å²) in [6.07, 6.45) is 2.04. The number of carbonyl (C=O) groups is 2. The van der Waals surface area contributed by atoms with E-state index in [-0.39, 0.29) is 12.5 Å². The highest BCUT2D eigenvalue weighted by atomic mass is 16.2. The lowest BCUT2D eigenvalue weighted by Crippen LogP contribution is -2.30. The number of nitrogens with two attached hydrogens (primary N) is 1. The third kappa shape index (κ3) is 4.86. The van der Waals surface area contributed by atoms with Crippen LogP contribution in [0.4, 0.5) is 5.69 Å². The van der Waals surface area contributed by atoms with Crippen molar-refractivity contribution in [2.24, 2.45) is 5.73 Å². The average molecular weight is 249 g/mol. The standard InChI is InChI=1S/C13H19N3O2/c1-2-3-8-15-12(17)9-16-11-6-4-10(5-7-11)13(14)18/h4-7,16H,2-3,8-9H2,1H3,(H2,14,18)(H,15,17). The first kappa shape index (κ1) is 14.0. The van der Waals surface area contributed by atoms with Gasteiger partial charge in [-0.25, -0.2) is 0 Å². The van der Waals surface area contributed by atoms with Crippen molar-refractivity contribution >= 4 is 17.5 Å². The Labute approximate surface area is 107 Å². The van der Waals surface area contributed by atoms with Crippen LogP contribution in [0, 0.1) is 0 Å². The number of unbranched alkanes of at least 4 members (excludes halogenated alkanes) is 1. The first-order valence-corrected chi connectivity index (χ1v) is 6.04. The third-order valence-corrected chi connectivity index (χ3v) is 2.47. The number of hydrogen-bond acceptors (Lipinski definition) is 3. The zero-order valence-electron chi connectivity index (χ0n) is 10.5. The number of nitrogens with one attached hydrogen (secondary N) is 2. The molecule has 4 N–H and O–H groups in total. The van der Waals surface area contributed by atoms with Crippen molar-refractivity contribution in [2.45, 2.75) is 19.8 Å². The molecule has 5 heteroatoms. The van der Waals surface area contributed by atoms with Gasteiger partial charge in [-0.1, -0.05) is 13.3 Å².